The van der Waals surface area contributed by atoms with E-state index in [9.17, 15) is 14.0 Å². The minimum absolute atomic E-state index is 0.00420. The molecule has 3 rings (SSSR count). The molecule has 0 spiro atoms. The van der Waals surface area contributed by atoms with E-state index in [1.54, 1.807) is 0 Å². The molecule has 1 aromatic heterocycles. The number of carbonyl (C=O) groups is 2. The number of hydrogen-bond acceptors (Lipinski definition) is 4. The van der Waals surface area contributed by atoms with Crippen LogP contribution in [-0.2, 0) is 20.7 Å². The van der Waals surface area contributed by atoms with Gasteiger partial charge in [0.15, 0.2) is 6.10 Å². The number of nitrogens with one attached hydrogen (secondary N) is 1. The Kier molecular flexibility index (Phi) is 5.02. The summed E-state index contributed by atoms with van der Waals surface area (Å²) in [6, 6.07) is 11.1. The number of rotatable bonds is 5. The highest BCUT2D eigenvalue weighted by Gasteiger charge is 2.19. The van der Waals surface area contributed by atoms with Crippen molar-refractivity contribution >= 4 is 28.5 Å². The first-order valence-electron chi connectivity index (χ1n) is 8.15. The highest BCUT2D eigenvalue weighted by atomic mass is 19.1. The number of anilines is 1. The molecule has 2 aromatic carbocycles. The van der Waals surface area contributed by atoms with Crippen molar-refractivity contribution in [3.63, 3.8) is 0 Å². The number of halogens is 1. The van der Waals surface area contributed by atoms with Crippen molar-refractivity contribution < 1.29 is 23.1 Å². The lowest BCUT2D eigenvalue weighted by Gasteiger charge is -2.13. The van der Waals surface area contributed by atoms with Crippen LogP contribution in [0.5, 0.6) is 0 Å². The number of furan rings is 1. The lowest BCUT2D eigenvalue weighted by Crippen LogP contribution is -2.30. The van der Waals surface area contributed by atoms with Crippen LogP contribution in [0.25, 0.3) is 11.0 Å². The van der Waals surface area contributed by atoms with Gasteiger partial charge in [-0.2, -0.15) is 0 Å². The van der Waals surface area contributed by atoms with Crippen LogP contribution in [-0.4, -0.2) is 18.0 Å². The van der Waals surface area contributed by atoms with Crippen LogP contribution in [0.1, 0.15) is 18.1 Å². The molecule has 1 amide bonds. The van der Waals surface area contributed by atoms with Crippen LogP contribution in [0.15, 0.2) is 53.1 Å². The smallest absolute Gasteiger partial charge is 0.311 e. The van der Waals surface area contributed by atoms with E-state index >= 15 is 0 Å². The van der Waals surface area contributed by atoms with Gasteiger partial charge >= 0.3 is 5.97 Å². The molecule has 1 N–H and O–H groups in total. The molecule has 0 saturated carbocycles. The quantitative estimate of drug-likeness (QED) is 0.703. The molecule has 134 valence electrons. The first-order valence-corrected chi connectivity index (χ1v) is 8.15. The SMILES string of the molecule is Cc1ccc2c(CC(=O)O[C@H](C)C(=O)Nc3ccc(F)cc3)coc2c1. The Hall–Kier alpha value is -3.15. The van der Waals surface area contributed by atoms with Crippen LogP contribution in [0, 0.1) is 12.7 Å². The van der Waals surface area contributed by atoms with E-state index in [4.69, 9.17) is 9.15 Å². The molecule has 1 atom stereocenters. The van der Waals surface area contributed by atoms with Crippen LogP contribution in [0.3, 0.4) is 0 Å². The van der Waals surface area contributed by atoms with Gasteiger partial charge in [-0.05, 0) is 49.7 Å². The third-order valence-corrected chi connectivity index (χ3v) is 3.94. The van der Waals surface area contributed by atoms with Gasteiger partial charge in [-0.3, -0.25) is 9.59 Å². The standard InChI is InChI=1S/C20H18FNO4/c1-12-3-8-17-14(11-25-18(17)9-12)10-19(23)26-13(2)20(24)22-16-6-4-15(21)5-7-16/h3-9,11,13H,10H2,1-2H3,(H,22,24)/t13-/m1/s1. The maximum absolute atomic E-state index is 12.9. The van der Waals surface area contributed by atoms with Crippen molar-refractivity contribution in [3.05, 3.63) is 65.7 Å². The number of hydrogen-bond donors (Lipinski definition) is 1. The molecule has 0 aliphatic rings. The molecule has 0 fully saturated rings. The van der Waals surface area contributed by atoms with Gasteiger partial charge in [0, 0.05) is 16.6 Å². The summed E-state index contributed by atoms with van der Waals surface area (Å²) in [5.74, 6) is -1.42. The van der Waals surface area contributed by atoms with Gasteiger partial charge in [0.1, 0.15) is 11.4 Å². The Morgan fingerprint density at radius 3 is 2.65 bits per heavy atom. The molecule has 0 aliphatic carbocycles. The lowest BCUT2D eigenvalue weighted by molar-refractivity contribution is -0.152. The molecule has 0 unspecified atom stereocenters. The zero-order valence-corrected chi connectivity index (χ0v) is 14.4. The Bertz CT molecular complexity index is 946. The summed E-state index contributed by atoms with van der Waals surface area (Å²) in [6.45, 7) is 3.44. The van der Waals surface area contributed by atoms with Crippen LogP contribution >= 0.6 is 0 Å². The van der Waals surface area contributed by atoms with E-state index in [2.05, 4.69) is 5.32 Å². The van der Waals surface area contributed by atoms with E-state index in [-0.39, 0.29) is 6.42 Å². The topological polar surface area (TPSA) is 68.5 Å². The van der Waals surface area contributed by atoms with Crippen molar-refractivity contribution in [3.8, 4) is 0 Å². The second-order valence-electron chi connectivity index (χ2n) is 6.07. The number of esters is 1. The molecule has 0 aliphatic heterocycles. The van der Waals surface area contributed by atoms with E-state index < -0.39 is 23.8 Å². The summed E-state index contributed by atoms with van der Waals surface area (Å²) in [5.41, 5.74) is 2.90. The Morgan fingerprint density at radius 1 is 1.19 bits per heavy atom. The van der Waals surface area contributed by atoms with Crippen LogP contribution in [0.2, 0.25) is 0 Å². The number of benzene rings is 2. The Morgan fingerprint density at radius 2 is 1.92 bits per heavy atom. The minimum Gasteiger partial charge on any atom is -0.464 e. The maximum Gasteiger partial charge on any atom is 0.311 e. The van der Waals surface area contributed by atoms with Crippen molar-refractivity contribution in [2.45, 2.75) is 26.4 Å². The van der Waals surface area contributed by atoms with Crippen LogP contribution in [0.4, 0.5) is 10.1 Å². The number of fused-ring (bicyclic) bond motifs is 1. The fourth-order valence-corrected chi connectivity index (χ4v) is 2.55. The number of carbonyl (C=O) groups excluding carboxylic acids is 2. The average Bonchev–Trinajstić information content (AvgIpc) is 2.98. The predicted octanol–water partition coefficient (Wildman–Crippen LogP) is 3.99. The molecule has 3 aromatic rings. The highest BCUT2D eigenvalue weighted by molar-refractivity contribution is 5.95. The summed E-state index contributed by atoms with van der Waals surface area (Å²) in [4.78, 5) is 24.2. The fourth-order valence-electron chi connectivity index (χ4n) is 2.55. The van der Waals surface area contributed by atoms with E-state index in [0.717, 1.165) is 10.9 Å². The fraction of sp³-hybridized carbons (Fsp3) is 0.200. The van der Waals surface area contributed by atoms with Gasteiger partial charge in [-0.1, -0.05) is 12.1 Å². The number of aryl methyl sites for hydroxylation is 1. The monoisotopic (exact) mass is 355 g/mol. The van der Waals surface area contributed by atoms with Crippen molar-refractivity contribution in [1.82, 2.24) is 0 Å². The molecular weight excluding hydrogens is 337 g/mol. The molecule has 1 heterocycles. The predicted molar refractivity (Wildman–Crippen MR) is 95.2 cm³/mol. The molecule has 26 heavy (non-hydrogen) atoms. The van der Waals surface area contributed by atoms with Gasteiger partial charge in [0.25, 0.3) is 5.91 Å². The van der Waals surface area contributed by atoms with Crippen molar-refractivity contribution in [2.75, 3.05) is 5.32 Å². The zero-order valence-electron chi connectivity index (χ0n) is 14.4. The summed E-state index contributed by atoms with van der Waals surface area (Å²) >= 11 is 0. The summed E-state index contributed by atoms with van der Waals surface area (Å²) in [5, 5.41) is 3.41. The first kappa shape index (κ1) is 17.7. The third kappa shape index (κ3) is 4.08. The summed E-state index contributed by atoms with van der Waals surface area (Å²) in [6.07, 6.45) is 0.548. The van der Waals surface area contributed by atoms with Gasteiger partial charge in [0.05, 0.1) is 12.7 Å². The molecule has 6 heteroatoms. The highest BCUT2D eigenvalue weighted by Crippen LogP contribution is 2.23. The van der Waals surface area contributed by atoms with Crippen molar-refractivity contribution in [1.29, 1.82) is 0 Å². The largest absolute Gasteiger partial charge is 0.464 e. The van der Waals surface area contributed by atoms with Gasteiger partial charge in [-0.25, -0.2) is 4.39 Å². The minimum atomic E-state index is -0.979. The van der Waals surface area contributed by atoms with Gasteiger partial charge < -0.3 is 14.5 Å². The van der Waals surface area contributed by atoms with Crippen molar-refractivity contribution in [2.24, 2.45) is 0 Å². The molecular formula is C20H18FNO4. The number of amides is 1. The van der Waals surface area contributed by atoms with Crippen LogP contribution < -0.4 is 5.32 Å². The summed E-state index contributed by atoms with van der Waals surface area (Å²) in [7, 11) is 0. The Balaban J connectivity index is 1.59. The molecule has 0 bridgehead atoms. The lowest BCUT2D eigenvalue weighted by atomic mass is 10.1. The third-order valence-electron chi connectivity index (χ3n) is 3.94. The average molecular weight is 355 g/mol. The Labute approximate surface area is 149 Å². The first-order chi connectivity index (χ1) is 12.4. The van der Waals surface area contributed by atoms with E-state index in [1.165, 1.54) is 37.5 Å². The van der Waals surface area contributed by atoms with Gasteiger partial charge in [0.2, 0.25) is 0 Å². The molecule has 5 nitrogen and oxygen atoms in total. The number of ether oxygens (including phenoxy) is 1. The second kappa shape index (κ2) is 7.39. The molecule has 0 radical (unpaired) electrons. The van der Waals surface area contributed by atoms with E-state index in [1.807, 2.05) is 25.1 Å². The molecule has 0 saturated heterocycles. The maximum atomic E-state index is 12.9. The second-order valence-corrected chi connectivity index (χ2v) is 6.07. The van der Waals surface area contributed by atoms with Gasteiger partial charge in [-0.15, -0.1) is 0 Å². The zero-order chi connectivity index (χ0) is 18.7. The normalized spacial score (nSPS) is 12.0. The summed E-state index contributed by atoms with van der Waals surface area (Å²) < 4.78 is 23.5. The van der Waals surface area contributed by atoms with E-state index in [0.29, 0.717) is 16.8 Å².